The summed E-state index contributed by atoms with van der Waals surface area (Å²) in [6, 6.07) is 3.68. The SMILES string of the molecule is OCc1cccnc1N1CCCC(O)C1. The summed E-state index contributed by atoms with van der Waals surface area (Å²) in [5.74, 6) is 0.804. The minimum absolute atomic E-state index is 0.00420. The van der Waals surface area contributed by atoms with Gasteiger partial charge in [-0.15, -0.1) is 0 Å². The molecule has 2 rings (SSSR count). The molecule has 1 saturated heterocycles. The van der Waals surface area contributed by atoms with Gasteiger partial charge in [0.05, 0.1) is 12.7 Å². The van der Waals surface area contributed by atoms with E-state index in [0.717, 1.165) is 30.8 Å². The second-order valence-electron chi connectivity index (χ2n) is 3.89. The Morgan fingerprint density at radius 3 is 3.13 bits per heavy atom. The van der Waals surface area contributed by atoms with Crippen LogP contribution in [0.4, 0.5) is 5.82 Å². The highest BCUT2D eigenvalue weighted by atomic mass is 16.3. The quantitative estimate of drug-likeness (QED) is 0.744. The van der Waals surface area contributed by atoms with E-state index in [1.165, 1.54) is 0 Å². The maximum Gasteiger partial charge on any atom is 0.134 e. The van der Waals surface area contributed by atoms with E-state index in [1.807, 2.05) is 17.0 Å². The van der Waals surface area contributed by atoms with E-state index in [-0.39, 0.29) is 12.7 Å². The summed E-state index contributed by atoms with van der Waals surface area (Å²) in [5.41, 5.74) is 0.826. The molecule has 0 radical (unpaired) electrons. The van der Waals surface area contributed by atoms with Crippen molar-refractivity contribution in [3.8, 4) is 0 Å². The molecule has 0 saturated carbocycles. The molecule has 1 unspecified atom stereocenters. The highest BCUT2D eigenvalue weighted by Crippen LogP contribution is 2.21. The van der Waals surface area contributed by atoms with Gasteiger partial charge in [0, 0.05) is 24.8 Å². The van der Waals surface area contributed by atoms with Crippen molar-refractivity contribution in [1.29, 1.82) is 0 Å². The second-order valence-corrected chi connectivity index (χ2v) is 3.89. The molecule has 2 heterocycles. The molecular weight excluding hydrogens is 192 g/mol. The van der Waals surface area contributed by atoms with Gasteiger partial charge in [-0.05, 0) is 18.9 Å². The van der Waals surface area contributed by atoms with Crippen LogP contribution in [0.3, 0.4) is 0 Å². The Morgan fingerprint density at radius 2 is 2.40 bits per heavy atom. The fourth-order valence-electron chi connectivity index (χ4n) is 1.99. The molecule has 1 aromatic rings. The smallest absolute Gasteiger partial charge is 0.134 e. The minimum atomic E-state index is -0.271. The van der Waals surface area contributed by atoms with Crippen molar-refractivity contribution in [3.05, 3.63) is 23.9 Å². The Labute approximate surface area is 89.2 Å². The molecule has 4 nitrogen and oxygen atoms in total. The monoisotopic (exact) mass is 208 g/mol. The van der Waals surface area contributed by atoms with E-state index in [9.17, 15) is 10.2 Å². The van der Waals surface area contributed by atoms with Crippen LogP contribution in [0.5, 0.6) is 0 Å². The summed E-state index contributed by atoms with van der Waals surface area (Å²) in [6.45, 7) is 1.51. The zero-order chi connectivity index (χ0) is 10.7. The first-order valence-corrected chi connectivity index (χ1v) is 5.29. The Hall–Kier alpha value is -1.13. The summed E-state index contributed by atoms with van der Waals surface area (Å²) in [5, 5.41) is 18.8. The minimum Gasteiger partial charge on any atom is -0.392 e. The predicted octanol–water partition coefficient (Wildman–Crippen LogP) is 0.535. The zero-order valence-corrected chi connectivity index (χ0v) is 8.63. The van der Waals surface area contributed by atoms with Gasteiger partial charge in [0.25, 0.3) is 0 Å². The van der Waals surface area contributed by atoms with Crippen molar-refractivity contribution in [1.82, 2.24) is 4.98 Å². The van der Waals surface area contributed by atoms with E-state index in [4.69, 9.17) is 0 Å². The number of aliphatic hydroxyl groups is 2. The topological polar surface area (TPSA) is 56.6 Å². The fraction of sp³-hybridized carbons (Fsp3) is 0.545. The first-order valence-electron chi connectivity index (χ1n) is 5.29. The normalized spacial score (nSPS) is 21.7. The summed E-state index contributed by atoms with van der Waals surface area (Å²) < 4.78 is 0. The maximum atomic E-state index is 9.57. The number of β-amino-alcohol motifs (C(OH)–C–C–N with tert-alkyl or cyclic N) is 1. The molecule has 0 bridgehead atoms. The van der Waals surface area contributed by atoms with Gasteiger partial charge in [-0.2, -0.15) is 0 Å². The molecule has 0 aliphatic carbocycles. The average Bonchev–Trinajstić information content (AvgIpc) is 2.29. The van der Waals surface area contributed by atoms with Gasteiger partial charge in [0.2, 0.25) is 0 Å². The standard InChI is InChI=1S/C11H16N2O2/c14-8-9-3-1-5-12-11(9)13-6-2-4-10(15)7-13/h1,3,5,10,14-15H,2,4,6-8H2. The molecule has 0 aromatic carbocycles. The van der Waals surface area contributed by atoms with Crippen LogP contribution < -0.4 is 4.90 Å². The van der Waals surface area contributed by atoms with Crippen molar-refractivity contribution in [3.63, 3.8) is 0 Å². The van der Waals surface area contributed by atoms with Gasteiger partial charge >= 0.3 is 0 Å². The van der Waals surface area contributed by atoms with E-state index in [1.54, 1.807) is 6.20 Å². The van der Waals surface area contributed by atoms with Crippen LogP contribution in [0.2, 0.25) is 0 Å². The number of nitrogens with zero attached hydrogens (tertiary/aromatic N) is 2. The number of pyridine rings is 1. The number of hydrogen-bond donors (Lipinski definition) is 2. The van der Waals surface area contributed by atoms with Crippen molar-refractivity contribution < 1.29 is 10.2 Å². The van der Waals surface area contributed by atoms with Crippen LogP contribution in [0.1, 0.15) is 18.4 Å². The fourth-order valence-corrected chi connectivity index (χ4v) is 1.99. The molecular formula is C11H16N2O2. The van der Waals surface area contributed by atoms with Gasteiger partial charge in [-0.1, -0.05) is 6.07 Å². The van der Waals surface area contributed by atoms with Gasteiger partial charge in [0.15, 0.2) is 0 Å². The molecule has 2 N–H and O–H groups in total. The van der Waals surface area contributed by atoms with E-state index in [2.05, 4.69) is 4.98 Å². The van der Waals surface area contributed by atoms with Crippen LogP contribution in [0.25, 0.3) is 0 Å². The van der Waals surface area contributed by atoms with Crippen molar-refractivity contribution in [2.45, 2.75) is 25.6 Å². The van der Waals surface area contributed by atoms with Crippen molar-refractivity contribution in [2.24, 2.45) is 0 Å². The molecule has 0 spiro atoms. The molecule has 1 fully saturated rings. The van der Waals surface area contributed by atoms with Crippen molar-refractivity contribution >= 4 is 5.82 Å². The third-order valence-corrected chi connectivity index (χ3v) is 2.73. The first-order chi connectivity index (χ1) is 7.31. The number of aliphatic hydroxyl groups excluding tert-OH is 2. The number of piperidine rings is 1. The third-order valence-electron chi connectivity index (χ3n) is 2.73. The molecule has 1 aliphatic rings. The predicted molar refractivity (Wildman–Crippen MR) is 57.6 cm³/mol. The molecule has 0 amide bonds. The molecule has 82 valence electrons. The van der Waals surface area contributed by atoms with Gasteiger partial charge < -0.3 is 15.1 Å². The second kappa shape index (κ2) is 4.59. The molecule has 1 aliphatic heterocycles. The highest BCUT2D eigenvalue weighted by molar-refractivity contribution is 5.46. The Balaban J connectivity index is 2.20. The van der Waals surface area contributed by atoms with Gasteiger partial charge in [0.1, 0.15) is 5.82 Å². The Kier molecular flexibility index (Phi) is 3.18. The van der Waals surface area contributed by atoms with Crippen LogP contribution in [-0.2, 0) is 6.61 Å². The third kappa shape index (κ3) is 2.27. The highest BCUT2D eigenvalue weighted by Gasteiger charge is 2.20. The van der Waals surface area contributed by atoms with Gasteiger partial charge in [-0.3, -0.25) is 0 Å². The summed E-state index contributed by atoms with van der Waals surface area (Å²) in [6.07, 6.45) is 3.28. The lowest BCUT2D eigenvalue weighted by Gasteiger charge is -2.32. The van der Waals surface area contributed by atoms with E-state index in [0.29, 0.717) is 6.54 Å². The van der Waals surface area contributed by atoms with Crippen LogP contribution in [0.15, 0.2) is 18.3 Å². The number of hydrogen-bond acceptors (Lipinski definition) is 4. The molecule has 4 heteroatoms. The lowest BCUT2D eigenvalue weighted by Crippen LogP contribution is -2.39. The van der Waals surface area contributed by atoms with Gasteiger partial charge in [-0.25, -0.2) is 4.98 Å². The van der Waals surface area contributed by atoms with Crippen LogP contribution >= 0.6 is 0 Å². The van der Waals surface area contributed by atoms with Crippen LogP contribution in [0, 0.1) is 0 Å². The zero-order valence-electron chi connectivity index (χ0n) is 8.63. The van der Waals surface area contributed by atoms with E-state index < -0.39 is 0 Å². The molecule has 1 aromatic heterocycles. The maximum absolute atomic E-state index is 9.57. The Bertz CT molecular complexity index is 330. The summed E-state index contributed by atoms with van der Waals surface area (Å²) in [4.78, 5) is 6.30. The van der Waals surface area contributed by atoms with E-state index >= 15 is 0 Å². The largest absolute Gasteiger partial charge is 0.392 e. The summed E-state index contributed by atoms with van der Waals surface area (Å²) in [7, 11) is 0. The van der Waals surface area contributed by atoms with Crippen LogP contribution in [-0.4, -0.2) is 34.4 Å². The number of anilines is 1. The van der Waals surface area contributed by atoms with Crippen molar-refractivity contribution in [2.75, 3.05) is 18.0 Å². The number of rotatable bonds is 2. The molecule has 1 atom stereocenters. The number of aromatic nitrogens is 1. The average molecular weight is 208 g/mol. The summed E-state index contributed by atoms with van der Waals surface area (Å²) >= 11 is 0. The first kappa shape index (κ1) is 10.4. The lowest BCUT2D eigenvalue weighted by atomic mass is 10.1. The molecule has 15 heavy (non-hydrogen) atoms. The Morgan fingerprint density at radius 1 is 1.53 bits per heavy atom. The lowest BCUT2D eigenvalue weighted by molar-refractivity contribution is 0.153.